The van der Waals surface area contributed by atoms with Crippen molar-refractivity contribution in [1.29, 1.82) is 0 Å². The van der Waals surface area contributed by atoms with Crippen LogP contribution in [0.1, 0.15) is 84.7 Å². The van der Waals surface area contributed by atoms with Crippen molar-refractivity contribution >= 4 is 23.2 Å². The number of anilines is 1. The average molecular weight is 377 g/mol. The number of amides is 1. The maximum Gasteiger partial charge on any atom is 0.230 e. The smallest absolute Gasteiger partial charge is 0.230 e. The van der Waals surface area contributed by atoms with E-state index in [4.69, 9.17) is 0 Å². The molecule has 0 atom stereocenters. The van der Waals surface area contributed by atoms with Gasteiger partial charge in [-0.2, -0.15) is 0 Å². The normalized spacial score (nSPS) is 13.1. The van der Waals surface area contributed by atoms with Crippen molar-refractivity contribution in [2.45, 2.75) is 52.9 Å². The van der Waals surface area contributed by atoms with E-state index in [1.807, 2.05) is 13.8 Å². The van der Waals surface area contributed by atoms with Crippen LogP contribution in [0, 0.1) is 5.41 Å². The fraction of sp³-hybridized carbons (Fsp3) is 0.375. The standard InChI is InChI=1S/C24H27NO3/c1-4-5-6-9-14-24(2,3)23(28)25-16-12-13-19-20(15-16)22(27)18-11-8-7-10-17(18)21(19)26/h7-8,10-13,15H,4-6,9,14H2,1-3H3,(H,25,28). The first-order valence-electron chi connectivity index (χ1n) is 9.99. The molecule has 2 aromatic carbocycles. The van der Waals surface area contributed by atoms with Crippen LogP contribution < -0.4 is 5.32 Å². The summed E-state index contributed by atoms with van der Waals surface area (Å²) in [6, 6.07) is 11.8. The Morgan fingerprint density at radius 3 is 2.11 bits per heavy atom. The molecule has 0 saturated carbocycles. The third kappa shape index (κ3) is 3.91. The van der Waals surface area contributed by atoms with E-state index in [-0.39, 0.29) is 17.5 Å². The van der Waals surface area contributed by atoms with Crippen molar-refractivity contribution < 1.29 is 14.4 Å². The molecule has 0 saturated heterocycles. The van der Waals surface area contributed by atoms with Crippen LogP contribution in [-0.4, -0.2) is 17.5 Å². The van der Waals surface area contributed by atoms with Gasteiger partial charge in [0.2, 0.25) is 5.91 Å². The maximum absolute atomic E-state index is 12.8. The minimum Gasteiger partial charge on any atom is -0.326 e. The van der Waals surface area contributed by atoms with E-state index in [0.717, 1.165) is 25.7 Å². The van der Waals surface area contributed by atoms with Gasteiger partial charge in [0.05, 0.1) is 0 Å². The first-order valence-corrected chi connectivity index (χ1v) is 9.99. The molecule has 4 heteroatoms. The molecule has 0 spiro atoms. The van der Waals surface area contributed by atoms with Crippen LogP contribution in [0.3, 0.4) is 0 Å². The largest absolute Gasteiger partial charge is 0.326 e. The molecule has 1 N–H and O–H groups in total. The molecule has 0 aromatic heterocycles. The number of nitrogens with one attached hydrogen (secondary N) is 1. The summed E-state index contributed by atoms with van der Waals surface area (Å²) in [6.07, 6.45) is 5.30. The number of unbranched alkanes of at least 4 members (excludes halogenated alkanes) is 3. The Morgan fingerprint density at radius 2 is 1.46 bits per heavy atom. The van der Waals surface area contributed by atoms with Gasteiger partial charge in [-0.3, -0.25) is 14.4 Å². The summed E-state index contributed by atoms with van der Waals surface area (Å²) in [6.45, 7) is 6.05. The van der Waals surface area contributed by atoms with Gasteiger partial charge < -0.3 is 5.32 Å². The van der Waals surface area contributed by atoms with Gasteiger partial charge in [-0.05, 0) is 24.6 Å². The number of ketones is 2. The lowest BCUT2D eigenvalue weighted by Gasteiger charge is -2.24. The molecule has 1 amide bonds. The Morgan fingerprint density at radius 1 is 0.857 bits per heavy atom. The maximum atomic E-state index is 12.8. The molecule has 0 fully saturated rings. The van der Waals surface area contributed by atoms with Crippen LogP contribution in [0.25, 0.3) is 0 Å². The zero-order valence-electron chi connectivity index (χ0n) is 16.8. The van der Waals surface area contributed by atoms with Gasteiger partial charge in [0.25, 0.3) is 0 Å². The fourth-order valence-electron chi connectivity index (χ4n) is 3.58. The first-order chi connectivity index (χ1) is 13.3. The second-order valence-electron chi connectivity index (χ2n) is 8.11. The highest BCUT2D eigenvalue weighted by Gasteiger charge is 2.31. The summed E-state index contributed by atoms with van der Waals surface area (Å²) in [7, 11) is 0. The summed E-state index contributed by atoms with van der Waals surface area (Å²) in [5.41, 5.74) is 1.65. The second-order valence-corrected chi connectivity index (χ2v) is 8.11. The molecule has 3 rings (SSSR count). The minimum atomic E-state index is -0.490. The van der Waals surface area contributed by atoms with Crippen LogP contribution in [0.15, 0.2) is 42.5 Å². The molecule has 1 aliphatic carbocycles. The van der Waals surface area contributed by atoms with Gasteiger partial charge in [0, 0.05) is 33.4 Å². The van der Waals surface area contributed by atoms with Gasteiger partial charge in [-0.1, -0.05) is 70.7 Å². The molecule has 2 aromatic rings. The molecule has 0 unspecified atom stereocenters. The zero-order chi connectivity index (χ0) is 20.3. The summed E-state index contributed by atoms with van der Waals surface area (Å²) in [5, 5.41) is 2.93. The molecule has 0 radical (unpaired) electrons. The van der Waals surface area contributed by atoms with Crippen molar-refractivity contribution in [3.63, 3.8) is 0 Å². The van der Waals surface area contributed by atoms with E-state index in [1.54, 1.807) is 42.5 Å². The van der Waals surface area contributed by atoms with E-state index in [0.29, 0.717) is 27.9 Å². The monoisotopic (exact) mass is 377 g/mol. The Balaban J connectivity index is 1.78. The Kier molecular flexibility index (Phi) is 5.78. The predicted molar refractivity (Wildman–Crippen MR) is 111 cm³/mol. The molecular formula is C24H27NO3. The Hall–Kier alpha value is -2.75. The van der Waals surface area contributed by atoms with E-state index in [9.17, 15) is 14.4 Å². The topological polar surface area (TPSA) is 63.2 Å². The van der Waals surface area contributed by atoms with Crippen molar-refractivity contribution in [3.8, 4) is 0 Å². The summed E-state index contributed by atoms with van der Waals surface area (Å²) < 4.78 is 0. The SMILES string of the molecule is CCCCCCC(C)(C)C(=O)Nc1ccc2c(c1)C(=O)c1ccccc1C2=O. The van der Waals surface area contributed by atoms with Crippen molar-refractivity contribution in [2.75, 3.05) is 5.32 Å². The Bertz CT molecular complexity index is 927. The number of carbonyl (C=O) groups excluding carboxylic acids is 3. The van der Waals surface area contributed by atoms with Crippen molar-refractivity contribution in [2.24, 2.45) is 5.41 Å². The number of hydrogen-bond acceptors (Lipinski definition) is 3. The molecule has 1 aliphatic rings. The highest BCUT2D eigenvalue weighted by atomic mass is 16.2. The number of rotatable bonds is 7. The number of hydrogen-bond donors (Lipinski definition) is 1. The summed E-state index contributed by atoms with van der Waals surface area (Å²) >= 11 is 0. The first kappa shape index (κ1) is 20.0. The van der Waals surface area contributed by atoms with Gasteiger partial charge in [-0.15, -0.1) is 0 Å². The van der Waals surface area contributed by atoms with E-state index in [2.05, 4.69) is 12.2 Å². The lowest BCUT2D eigenvalue weighted by Crippen LogP contribution is -2.31. The van der Waals surface area contributed by atoms with Gasteiger partial charge in [0.1, 0.15) is 0 Å². The summed E-state index contributed by atoms with van der Waals surface area (Å²) in [4.78, 5) is 38.3. The van der Waals surface area contributed by atoms with Crippen LogP contribution >= 0.6 is 0 Å². The highest BCUT2D eigenvalue weighted by molar-refractivity contribution is 6.28. The fourth-order valence-corrected chi connectivity index (χ4v) is 3.58. The second kappa shape index (κ2) is 8.09. The van der Waals surface area contributed by atoms with Crippen molar-refractivity contribution in [1.82, 2.24) is 0 Å². The predicted octanol–water partition coefficient (Wildman–Crippen LogP) is 5.40. The van der Waals surface area contributed by atoms with Crippen molar-refractivity contribution in [3.05, 3.63) is 64.7 Å². The Labute approximate surface area is 166 Å². The molecular weight excluding hydrogens is 350 g/mol. The van der Waals surface area contributed by atoms with Gasteiger partial charge in [0.15, 0.2) is 11.6 Å². The van der Waals surface area contributed by atoms with Gasteiger partial charge >= 0.3 is 0 Å². The third-order valence-electron chi connectivity index (χ3n) is 5.45. The third-order valence-corrected chi connectivity index (χ3v) is 5.45. The minimum absolute atomic E-state index is 0.0704. The van der Waals surface area contributed by atoms with Crippen LogP contribution in [0.5, 0.6) is 0 Å². The lowest BCUT2D eigenvalue weighted by atomic mass is 9.83. The quantitative estimate of drug-likeness (QED) is 0.561. The van der Waals surface area contributed by atoms with Crippen LogP contribution in [0.4, 0.5) is 5.69 Å². The molecule has 0 heterocycles. The van der Waals surface area contributed by atoms with E-state index >= 15 is 0 Å². The average Bonchev–Trinajstić information content (AvgIpc) is 2.69. The summed E-state index contributed by atoms with van der Waals surface area (Å²) in [5.74, 6) is -0.404. The molecule has 0 bridgehead atoms. The molecule has 146 valence electrons. The van der Waals surface area contributed by atoms with Crippen LogP contribution in [0.2, 0.25) is 0 Å². The van der Waals surface area contributed by atoms with Gasteiger partial charge in [-0.25, -0.2) is 0 Å². The number of fused-ring (bicyclic) bond motifs is 2. The van der Waals surface area contributed by atoms with Crippen LogP contribution in [-0.2, 0) is 4.79 Å². The number of carbonyl (C=O) groups is 3. The number of benzene rings is 2. The molecule has 4 nitrogen and oxygen atoms in total. The van der Waals surface area contributed by atoms with E-state index in [1.165, 1.54) is 6.42 Å². The lowest BCUT2D eigenvalue weighted by molar-refractivity contribution is -0.124. The zero-order valence-corrected chi connectivity index (χ0v) is 16.8. The highest BCUT2D eigenvalue weighted by Crippen LogP contribution is 2.30. The molecule has 0 aliphatic heterocycles. The molecule has 28 heavy (non-hydrogen) atoms. The van der Waals surface area contributed by atoms with E-state index < -0.39 is 5.41 Å².